The van der Waals surface area contributed by atoms with Gasteiger partial charge in [0.05, 0.1) is 11.1 Å². The van der Waals surface area contributed by atoms with Gasteiger partial charge in [0, 0.05) is 23.1 Å². The van der Waals surface area contributed by atoms with Crippen LogP contribution in [0.1, 0.15) is 36.0 Å². The number of phenolic OH excluding ortho intramolecular Hbond substituents is 4. The van der Waals surface area contributed by atoms with Crippen LogP contribution in [-0.2, 0) is 0 Å². The van der Waals surface area contributed by atoms with Crippen molar-refractivity contribution in [2.45, 2.75) is 25.4 Å². The quantitative estimate of drug-likeness (QED) is 0.0905. The Morgan fingerprint density at radius 2 is 1.11 bits per heavy atom. The van der Waals surface area contributed by atoms with Gasteiger partial charge in [0.15, 0.2) is 23.0 Å². The number of ether oxygens (including phenoxy) is 1. The molecule has 0 amide bonds. The normalized spacial score (nSPS) is 16.9. The Balaban J connectivity index is 1.30. The second-order valence-corrected chi connectivity index (χ2v) is 12.4. The molecule has 228 valence electrons. The lowest BCUT2D eigenvalue weighted by Gasteiger charge is -2.23. The highest BCUT2D eigenvalue weighted by molar-refractivity contribution is 6.21. The zero-order chi connectivity index (χ0) is 31.8. The molecule has 0 bridgehead atoms. The van der Waals surface area contributed by atoms with Crippen LogP contribution in [0.4, 0.5) is 0 Å². The van der Waals surface area contributed by atoms with Crippen molar-refractivity contribution in [3.63, 3.8) is 0 Å². The summed E-state index contributed by atoms with van der Waals surface area (Å²) in [5.41, 5.74) is 5.46. The highest BCUT2D eigenvalue weighted by Crippen LogP contribution is 2.57. The summed E-state index contributed by atoms with van der Waals surface area (Å²) in [5.74, 6) is -1.00. The maximum absolute atomic E-state index is 11.6. The molecule has 0 fully saturated rings. The molecule has 3 aliphatic rings. The maximum Gasteiger partial charge on any atom is 0.170 e. The summed E-state index contributed by atoms with van der Waals surface area (Å²) in [6, 6.07) is 28.3. The average Bonchev–Trinajstić information content (AvgIpc) is 3.50. The smallest absolute Gasteiger partial charge is 0.170 e. The number of hydrogen-bond donors (Lipinski definition) is 4. The number of aromatic hydroxyl groups is 4. The fraction of sp³-hybridized carbons (Fsp3) is 0.0952. The first-order valence-corrected chi connectivity index (χ1v) is 15.9. The minimum absolute atomic E-state index is 0.0104. The summed E-state index contributed by atoms with van der Waals surface area (Å²) >= 11 is 0. The van der Waals surface area contributed by atoms with Crippen LogP contribution in [0.2, 0.25) is 0 Å². The molecule has 9 rings (SSSR count). The first kappa shape index (κ1) is 27.4. The van der Waals surface area contributed by atoms with Gasteiger partial charge < -0.3 is 25.2 Å². The third-order valence-electron chi connectivity index (χ3n) is 9.81. The number of rotatable bonds is 3. The van der Waals surface area contributed by atoms with Crippen molar-refractivity contribution in [3.8, 4) is 39.9 Å². The largest absolute Gasteiger partial charge is 0.504 e. The van der Waals surface area contributed by atoms with Gasteiger partial charge in [-0.2, -0.15) is 0 Å². The molecule has 0 radical (unpaired) electrons. The molecule has 1 heterocycles. The topological polar surface area (TPSA) is 90.2 Å². The molecule has 0 saturated heterocycles. The van der Waals surface area contributed by atoms with Crippen molar-refractivity contribution in [1.29, 1.82) is 0 Å². The van der Waals surface area contributed by atoms with Crippen LogP contribution >= 0.6 is 0 Å². The summed E-state index contributed by atoms with van der Waals surface area (Å²) in [5, 5.41) is 51.5. The third kappa shape index (κ3) is 3.96. The Bertz CT molecular complexity index is 2370. The van der Waals surface area contributed by atoms with Gasteiger partial charge in [-0.25, -0.2) is 0 Å². The first-order chi connectivity index (χ1) is 23.0. The van der Waals surface area contributed by atoms with Gasteiger partial charge in [0.2, 0.25) is 0 Å². The van der Waals surface area contributed by atoms with Crippen LogP contribution in [0.5, 0.6) is 28.7 Å². The Labute approximate surface area is 270 Å². The number of fused-ring (bicyclic) bond motifs is 7. The molecule has 47 heavy (non-hydrogen) atoms. The number of hydrogen-bond acceptors (Lipinski definition) is 5. The number of allylic oxidation sites excluding steroid dienone is 6. The average molecular weight is 615 g/mol. The van der Waals surface area contributed by atoms with E-state index in [1.54, 1.807) is 6.08 Å². The second-order valence-electron chi connectivity index (χ2n) is 12.4. The van der Waals surface area contributed by atoms with Gasteiger partial charge in [-0.3, -0.25) is 0 Å². The van der Waals surface area contributed by atoms with E-state index in [0.717, 1.165) is 62.4 Å². The molecule has 2 aliphatic carbocycles. The van der Waals surface area contributed by atoms with E-state index in [1.165, 1.54) is 10.8 Å². The second kappa shape index (κ2) is 10.3. The van der Waals surface area contributed by atoms with E-state index in [0.29, 0.717) is 17.6 Å². The molecule has 0 spiro atoms. The van der Waals surface area contributed by atoms with E-state index in [4.69, 9.17) is 4.74 Å². The van der Waals surface area contributed by atoms with Crippen molar-refractivity contribution in [2.75, 3.05) is 0 Å². The van der Waals surface area contributed by atoms with E-state index < -0.39 is 23.0 Å². The molecule has 1 atom stereocenters. The predicted octanol–water partition coefficient (Wildman–Crippen LogP) is 10.0. The molecular weight excluding hydrogens is 584 g/mol. The van der Waals surface area contributed by atoms with E-state index >= 15 is 0 Å². The lowest BCUT2D eigenvalue weighted by atomic mass is 9.81. The zero-order valence-electron chi connectivity index (χ0n) is 25.4. The standard InChI is InChI=1S/C42H30O5/c43-39-35(24-11-2-1-3-12-24)40(44)42(46)38(41(39)45)37-29-16-8-6-14-27(29)34(28-15-7-9-17-30(28)37)25-19-20-32-31(22-25)36-26-13-5-4-10-23(26)18-21-33(36)47-32/h2,4-19,21-22,32,43-46H,1,3,20H2. The SMILES string of the molecule is Oc1c(O)c(-c2c3ccccc3c(C3=CCC4Oc5ccc6ccccc6c5C4=C3)c3ccccc23)c(O)c(O)c1C1=CCCC=C1. The summed E-state index contributed by atoms with van der Waals surface area (Å²) < 4.78 is 6.43. The van der Waals surface area contributed by atoms with E-state index in [2.05, 4.69) is 48.6 Å². The van der Waals surface area contributed by atoms with E-state index in [9.17, 15) is 20.4 Å². The van der Waals surface area contributed by atoms with E-state index in [1.807, 2.05) is 60.7 Å². The molecule has 6 aromatic carbocycles. The van der Waals surface area contributed by atoms with Gasteiger partial charge in [0.1, 0.15) is 11.9 Å². The van der Waals surface area contributed by atoms with Gasteiger partial charge in [-0.1, -0.05) is 103 Å². The van der Waals surface area contributed by atoms with Crippen LogP contribution in [0, 0.1) is 0 Å². The van der Waals surface area contributed by atoms with Crippen LogP contribution in [-0.4, -0.2) is 26.5 Å². The molecule has 5 nitrogen and oxygen atoms in total. The molecule has 4 N–H and O–H groups in total. The Hall–Kier alpha value is -5.94. The fourth-order valence-electron chi connectivity index (χ4n) is 7.72. The van der Waals surface area contributed by atoms with Crippen LogP contribution in [0.25, 0.3) is 60.2 Å². The Morgan fingerprint density at radius 1 is 0.511 bits per heavy atom. The monoisotopic (exact) mass is 614 g/mol. The van der Waals surface area contributed by atoms with Gasteiger partial charge in [-0.15, -0.1) is 0 Å². The van der Waals surface area contributed by atoms with Crippen molar-refractivity contribution >= 4 is 49.0 Å². The first-order valence-electron chi connectivity index (χ1n) is 15.9. The van der Waals surface area contributed by atoms with Crippen molar-refractivity contribution in [1.82, 2.24) is 0 Å². The van der Waals surface area contributed by atoms with Gasteiger partial charge >= 0.3 is 0 Å². The summed E-state index contributed by atoms with van der Waals surface area (Å²) in [4.78, 5) is 0. The minimum atomic E-state index is -0.480. The molecule has 0 saturated carbocycles. The van der Waals surface area contributed by atoms with Crippen molar-refractivity contribution < 1.29 is 25.2 Å². The molecular formula is C42H30O5. The van der Waals surface area contributed by atoms with Gasteiger partial charge in [-0.05, 0) is 74.0 Å². The number of phenols is 4. The third-order valence-corrected chi connectivity index (χ3v) is 9.81. The summed E-state index contributed by atoms with van der Waals surface area (Å²) in [7, 11) is 0. The molecule has 5 heteroatoms. The van der Waals surface area contributed by atoms with Crippen LogP contribution in [0.3, 0.4) is 0 Å². The summed E-state index contributed by atoms with van der Waals surface area (Å²) in [6.07, 6.45) is 12.3. The Morgan fingerprint density at radius 3 is 1.74 bits per heavy atom. The van der Waals surface area contributed by atoms with E-state index in [-0.39, 0.29) is 17.2 Å². The lowest BCUT2D eigenvalue weighted by Crippen LogP contribution is -2.13. The molecule has 1 aliphatic heterocycles. The zero-order valence-corrected chi connectivity index (χ0v) is 25.4. The minimum Gasteiger partial charge on any atom is -0.504 e. The lowest BCUT2D eigenvalue weighted by molar-refractivity contribution is 0.279. The number of benzene rings is 6. The fourth-order valence-corrected chi connectivity index (χ4v) is 7.72. The highest BCUT2D eigenvalue weighted by atomic mass is 16.5. The molecule has 6 aromatic rings. The van der Waals surface area contributed by atoms with Crippen molar-refractivity contribution in [3.05, 3.63) is 132 Å². The maximum atomic E-state index is 11.6. The molecule has 1 unspecified atom stereocenters. The molecule has 0 aromatic heterocycles. The van der Waals surface area contributed by atoms with Crippen molar-refractivity contribution in [2.24, 2.45) is 0 Å². The van der Waals surface area contributed by atoms with Gasteiger partial charge in [0.25, 0.3) is 0 Å². The summed E-state index contributed by atoms with van der Waals surface area (Å²) in [6.45, 7) is 0. The van der Waals surface area contributed by atoms with Crippen LogP contribution < -0.4 is 4.74 Å². The highest BCUT2D eigenvalue weighted by Gasteiger charge is 2.33. The predicted molar refractivity (Wildman–Crippen MR) is 189 cm³/mol. The van der Waals surface area contributed by atoms with Crippen LogP contribution in [0.15, 0.2) is 115 Å². The Kier molecular flexibility index (Phi) is 6.00.